The second-order valence-electron chi connectivity index (χ2n) is 4.98. The van der Waals surface area contributed by atoms with Crippen LogP contribution in [0.1, 0.15) is 29.2 Å². The van der Waals surface area contributed by atoms with Crippen molar-refractivity contribution in [3.8, 4) is 9.88 Å². The third-order valence-electron chi connectivity index (χ3n) is 2.86. The monoisotopic (exact) mass is 324 g/mol. The van der Waals surface area contributed by atoms with Crippen LogP contribution < -0.4 is 5.32 Å². The third-order valence-corrected chi connectivity index (χ3v) is 5.05. The number of thiophene rings is 1. The molecule has 0 atom stereocenters. The van der Waals surface area contributed by atoms with E-state index in [2.05, 4.69) is 15.0 Å². The van der Waals surface area contributed by atoms with E-state index in [9.17, 15) is 9.59 Å². The highest BCUT2D eigenvalue weighted by molar-refractivity contribution is 7.22. The van der Waals surface area contributed by atoms with E-state index in [1.165, 1.54) is 18.4 Å². The molecule has 0 aromatic carbocycles. The Kier molecular flexibility index (Phi) is 4.43. The van der Waals surface area contributed by atoms with Gasteiger partial charge in [-0.3, -0.25) is 4.79 Å². The summed E-state index contributed by atoms with van der Waals surface area (Å²) in [7, 11) is 1.29. The Labute approximate surface area is 131 Å². The molecule has 0 aliphatic heterocycles. The first kappa shape index (κ1) is 15.7. The lowest BCUT2D eigenvalue weighted by Gasteiger charge is -2.22. The van der Waals surface area contributed by atoms with E-state index < -0.39 is 11.5 Å². The van der Waals surface area contributed by atoms with E-state index in [0.717, 1.165) is 9.88 Å². The Morgan fingerprint density at radius 3 is 2.67 bits per heavy atom. The van der Waals surface area contributed by atoms with Crippen molar-refractivity contribution in [1.29, 1.82) is 0 Å². The van der Waals surface area contributed by atoms with Crippen molar-refractivity contribution in [3.05, 3.63) is 28.1 Å². The van der Waals surface area contributed by atoms with E-state index in [1.54, 1.807) is 32.1 Å². The number of amides is 1. The van der Waals surface area contributed by atoms with Crippen molar-refractivity contribution < 1.29 is 14.3 Å². The summed E-state index contributed by atoms with van der Waals surface area (Å²) in [6.45, 7) is 4.99. The zero-order chi connectivity index (χ0) is 15.6. The molecule has 1 N–H and O–H groups in total. The summed E-state index contributed by atoms with van der Waals surface area (Å²) < 4.78 is 4.68. The highest BCUT2D eigenvalue weighted by Crippen LogP contribution is 2.31. The number of esters is 1. The van der Waals surface area contributed by atoms with Crippen LogP contribution in [0.3, 0.4) is 0 Å². The normalized spacial score (nSPS) is 11.2. The number of carbonyl (C=O) groups excluding carboxylic acids is 2. The number of hydrogen-bond donors (Lipinski definition) is 1. The molecule has 0 saturated carbocycles. The molecule has 2 rings (SSSR count). The molecule has 0 aliphatic carbocycles. The van der Waals surface area contributed by atoms with Crippen LogP contribution in [0.15, 0.2) is 17.5 Å². The predicted molar refractivity (Wildman–Crippen MR) is 83.7 cm³/mol. The average Bonchev–Trinajstić information content (AvgIpc) is 3.05. The Balaban J connectivity index is 2.23. The second-order valence-corrected chi connectivity index (χ2v) is 6.93. The Bertz CT molecular complexity index is 660. The van der Waals surface area contributed by atoms with Crippen molar-refractivity contribution in [3.63, 3.8) is 0 Å². The summed E-state index contributed by atoms with van der Waals surface area (Å²) in [6, 6.07) is 3.90. The van der Waals surface area contributed by atoms with E-state index in [-0.39, 0.29) is 5.91 Å². The smallest absolute Gasteiger partial charge is 0.330 e. The summed E-state index contributed by atoms with van der Waals surface area (Å²) in [5.41, 5.74) is -0.424. The van der Waals surface area contributed by atoms with Crippen LogP contribution in [-0.2, 0) is 9.53 Å². The molecular weight excluding hydrogens is 308 g/mol. The van der Waals surface area contributed by atoms with E-state index in [1.807, 2.05) is 17.5 Å². The van der Waals surface area contributed by atoms with E-state index in [0.29, 0.717) is 10.6 Å². The standard InChI is InChI=1S/C14H16N2O3S2/c1-8-10(11(17)16-14(2,3)13(18)19-4)21-12(15-8)9-6-5-7-20-9/h5-7H,1-4H3,(H,16,17). The predicted octanol–water partition coefficient (Wildman–Crippen LogP) is 2.86. The number of aromatic nitrogens is 1. The number of methoxy groups -OCH3 is 1. The highest BCUT2D eigenvalue weighted by atomic mass is 32.1. The van der Waals surface area contributed by atoms with Gasteiger partial charge < -0.3 is 10.1 Å². The van der Waals surface area contributed by atoms with Gasteiger partial charge in [0, 0.05) is 0 Å². The van der Waals surface area contributed by atoms with Crippen LogP contribution in [-0.4, -0.2) is 29.5 Å². The Morgan fingerprint density at radius 1 is 1.38 bits per heavy atom. The molecule has 112 valence electrons. The molecule has 0 fully saturated rings. The molecule has 2 heterocycles. The number of rotatable bonds is 4. The van der Waals surface area contributed by atoms with Crippen LogP contribution in [0.2, 0.25) is 0 Å². The van der Waals surface area contributed by atoms with Crippen molar-refractivity contribution in [2.75, 3.05) is 7.11 Å². The van der Waals surface area contributed by atoms with Crippen molar-refractivity contribution >= 4 is 34.6 Å². The van der Waals surface area contributed by atoms with Gasteiger partial charge in [0.1, 0.15) is 15.4 Å². The summed E-state index contributed by atoms with van der Waals surface area (Å²) in [5.74, 6) is -0.806. The SMILES string of the molecule is COC(=O)C(C)(C)NC(=O)c1sc(-c2cccs2)nc1C. The number of hydrogen-bond acceptors (Lipinski definition) is 6. The highest BCUT2D eigenvalue weighted by Gasteiger charge is 2.32. The molecule has 2 aromatic heterocycles. The molecule has 1 amide bonds. The van der Waals surface area contributed by atoms with Gasteiger partial charge in [0.2, 0.25) is 0 Å². The Morgan fingerprint density at radius 2 is 2.10 bits per heavy atom. The molecule has 0 bridgehead atoms. The molecule has 7 heteroatoms. The van der Waals surface area contributed by atoms with Crippen LogP contribution in [0, 0.1) is 6.92 Å². The van der Waals surface area contributed by atoms with Gasteiger partial charge in [-0.2, -0.15) is 0 Å². The molecule has 21 heavy (non-hydrogen) atoms. The van der Waals surface area contributed by atoms with Gasteiger partial charge in [-0.25, -0.2) is 9.78 Å². The van der Waals surface area contributed by atoms with Gasteiger partial charge in [-0.15, -0.1) is 22.7 Å². The number of aryl methyl sites for hydroxylation is 1. The molecule has 2 aromatic rings. The number of nitrogens with one attached hydrogen (secondary N) is 1. The lowest BCUT2D eigenvalue weighted by Crippen LogP contribution is -2.50. The fourth-order valence-corrected chi connectivity index (χ4v) is 3.52. The maximum atomic E-state index is 12.3. The van der Waals surface area contributed by atoms with Crippen LogP contribution in [0.4, 0.5) is 0 Å². The van der Waals surface area contributed by atoms with Gasteiger partial charge in [0.05, 0.1) is 17.7 Å². The molecule has 5 nitrogen and oxygen atoms in total. The van der Waals surface area contributed by atoms with E-state index in [4.69, 9.17) is 0 Å². The first-order chi connectivity index (χ1) is 9.85. The maximum absolute atomic E-state index is 12.3. The van der Waals surface area contributed by atoms with Crippen LogP contribution in [0.25, 0.3) is 9.88 Å². The minimum Gasteiger partial charge on any atom is -0.467 e. The topological polar surface area (TPSA) is 68.3 Å². The molecule has 0 radical (unpaired) electrons. The fourth-order valence-electron chi connectivity index (χ4n) is 1.76. The van der Waals surface area contributed by atoms with Crippen molar-refractivity contribution in [2.45, 2.75) is 26.3 Å². The minimum atomic E-state index is -1.08. The quantitative estimate of drug-likeness (QED) is 0.878. The third kappa shape index (κ3) is 3.30. The summed E-state index contributed by atoms with van der Waals surface area (Å²) in [5, 5.41) is 5.46. The summed E-state index contributed by atoms with van der Waals surface area (Å²) in [6.07, 6.45) is 0. The zero-order valence-electron chi connectivity index (χ0n) is 12.2. The van der Waals surface area contributed by atoms with Gasteiger partial charge in [0.25, 0.3) is 5.91 Å². The van der Waals surface area contributed by atoms with Crippen LogP contribution >= 0.6 is 22.7 Å². The maximum Gasteiger partial charge on any atom is 0.330 e. The summed E-state index contributed by atoms with van der Waals surface area (Å²) in [4.78, 5) is 29.9. The molecule has 0 spiro atoms. The second kappa shape index (κ2) is 5.95. The zero-order valence-corrected chi connectivity index (χ0v) is 13.9. The molecule has 0 unspecified atom stereocenters. The molecule has 0 aliphatic rings. The van der Waals surface area contributed by atoms with E-state index >= 15 is 0 Å². The lowest BCUT2D eigenvalue weighted by molar-refractivity contribution is -0.146. The molecular formula is C14H16N2O3S2. The number of carbonyl (C=O) groups is 2. The van der Waals surface area contributed by atoms with Crippen LogP contribution in [0.5, 0.6) is 0 Å². The van der Waals surface area contributed by atoms with Gasteiger partial charge in [0.15, 0.2) is 0 Å². The molecule has 0 saturated heterocycles. The first-order valence-corrected chi connectivity index (χ1v) is 7.97. The van der Waals surface area contributed by atoms with Crippen molar-refractivity contribution in [2.24, 2.45) is 0 Å². The van der Waals surface area contributed by atoms with Crippen molar-refractivity contribution in [1.82, 2.24) is 10.3 Å². The summed E-state index contributed by atoms with van der Waals surface area (Å²) >= 11 is 2.89. The fraction of sp³-hybridized carbons (Fsp3) is 0.357. The average molecular weight is 324 g/mol. The lowest BCUT2D eigenvalue weighted by atomic mass is 10.1. The number of ether oxygens (including phenoxy) is 1. The minimum absolute atomic E-state index is 0.316. The first-order valence-electron chi connectivity index (χ1n) is 6.27. The van der Waals surface area contributed by atoms with Gasteiger partial charge in [-0.05, 0) is 32.2 Å². The van der Waals surface area contributed by atoms with Gasteiger partial charge in [-0.1, -0.05) is 6.07 Å². The van der Waals surface area contributed by atoms with Gasteiger partial charge >= 0.3 is 5.97 Å². The largest absolute Gasteiger partial charge is 0.467 e. The number of thiazole rings is 1. The Hall–Kier alpha value is -1.73. The number of nitrogens with zero attached hydrogens (tertiary/aromatic N) is 1.